The largest absolute Gasteiger partial charge is 0.495 e. The van der Waals surface area contributed by atoms with Crippen LogP contribution in [0.3, 0.4) is 0 Å². The van der Waals surface area contributed by atoms with Crippen LogP contribution in [0.2, 0.25) is 0 Å². The van der Waals surface area contributed by atoms with Crippen LogP contribution in [0.25, 0.3) is 0 Å². The molecule has 0 saturated carbocycles. The number of sulfonamides is 1. The summed E-state index contributed by atoms with van der Waals surface area (Å²) in [5, 5.41) is 11.2. The van der Waals surface area contributed by atoms with E-state index in [2.05, 4.69) is 5.32 Å². The fourth-order valence-electron chi connectivity index (χ4n) is 2.78. The standard InChI is InChI=1S/C17H24N2O6S/c1-12(17(21)22)18-16(20)13-7-8-14(25-2)15(11-13)26(23,24)19-9-5-3-4-6-10-19/h7-8,11-12H,3-6,9-10H2,1-2H3,(H,18,20)(H,21,22). The number of carbonyl (C=O) groups is 2. The molecule has 9 heteroatoms. The van der Waals surface area contributed by atoms with Crippen molar-refractivity contribution in [1.29, 1.82) is 0 Å². The molecule has 0 radical (unpaired) electrons. The summed E-state index contributed by atoms with van der Waals surface area (Å²) in [6, 6.07) is 2.97. The molecule has 1 heterocycles. The molecule has 1 fully saturated rings. The minimum atomic E-state index is -3.82. The van der Waals surface area contributed by atoms with Gasteiger partial charge in [0.05, 0.1) is 7.11 Å². The first-order valence-electron chi connectivity index (χ1n) is 8.49. The van der Waals surface area contributed by atoms with Crippen LogP contribution in [0.1, 0.15) is 43.0 Å². The minimum absolute atomic E-state index is 0.0623. The van der Waals surface area contributed by atoms with E-state index in [-0.39, 0.29) is 16.2 Å². The van der Waals surface area contributed by atoms with Gasteiger partial charge < -0.3 is 15.2 Å². The molecule has 1 atom stereocenters. The van der Waals surface area contributed by atoms with Crippen molar-refractivity contribution in [3.63, 3.8) is 0 Å². The summed E-state index contributed by atoms with van der Waals surface area (Å²) in [7, 11) is -2.45. The summed E-state index contributed by atoms with van der Waals surface area (Å²) in [6.07, 6.45) is 3.55. The van der Waals surface area contributed by atoms with Gasteiger partial charge in [0.15, 0.2) is 0 Å². The molecule has 1 aliphatic rings. The molecule has 1 aromatic rings. The zero-order valence-corrected chi connectivity index (χ0v) is 15.7. The Morgan fingerprint density at radius 1 is 1.19 bits per heavy atom. The molecule has 26 heavy (non-hydrogen) atoms. The van der Waals surface area contributed by atoms with E-state index in [1.54, 1.807) is 0 Å². The topological polar surface area (TPSA) is 113 Å². The van der Waals surface area contributed by atoms with Gasteiger partial charge in [0.2, 0.25) is 10.0 Å². The fourth-order valence-corrected chi connectivity index (χ4v) is 4.48. The quantitative estimate of drug-likeness (QED) is 0.768. The van der Waals surface area contributed by atoms with Gasteiger partial charge in [-0.3, -0.25) is 9.59 Å². The molecule has 2 rings (SSSR count). The lowest BCUT2D eigenvalue weighted by molar-refractivity contribution is -0.138. The van der Waals surface area contributed by atoms with Crippen molar-refractivity contribution < 1.29 is 27.9 Å². The number of ether oxygens (including phenoxy) is 1. The van der Waals surface area contributed by atoms with Gasteiger partial charge >= 0.3 is 5.97 Å². The van der Waals surface area contributed by atoms with Crippen molar-refractivity contribution in [2.24, 2.45) is 0 Å². The van der Waals surface area contributed by atoms with Crippen molar-refractivity contribution in [3.05, 3.63) is 23.8 Å². The molecule has 0 bridgehead atoms. The van der Waals surface area contributed by atoms with E-state index >= 15 is 0 Å². The Kier molecular flexibility index (Phi) is 6.60. The second-order valence-corrected chi connectivity index (χ2v) is 8.12. The molecule has 1 aromatic carbocycles. The number of amides is 1. The molecule has 0 aliphatic carbocycles. The molecule has 8 nitrogen and oxygen atoms in total. The van der Waals surface area contributed by atoms with Gasteiger partial charge in [-0.2, -0.15) is 4.31 Å². The second-order valence-electron chi connectivity index (χ2n) is 6.22. The SMILES string of the molecule is COc1ccc(C(=O)NC(C)C(=O)O)cc1S(=O)(=O)N1CCCCCC1. The third-order valence-corrected chi connectivity index (χ3v) is 6.25. The van der Waals surface area contributed by atoms with Gasteiger partial charge in [-0.25, -0.2) is 8.42 Å². The van der Waals surface area contributed by atoms with Crippen LogP contribution in [0.4, 0.5) is 0 Å². The molecule has 1 aliphatic heterocycles. The second kappa shape index (κ2) is 8.50. The van der Waals surface area contributed by atoms with Crippen LogP contribution in [0.5, 0.6) is 5.75 Å². The summed E-state index contributed by atoms with van der Waals surface area (Å²) in [6.45, 7) is 2.19. The highest BCUT2D eigenvalue weighted by Gasteiger charge is 2.29. The molecular weight excluding hydrogens is 360 g/mol. The number of hydrogen-bond acceptors (Lipinski definition) is 5. The van der Waals surface area contributed by atoms with Gasteiger partial charge in [-0.1, -0.05) is 12.8 Å². The van der Waals surface area contributed by atoms with E-state index in [9.17, 15) is 18.0 Å². The van der Waals surface area contributed by atoms with Crippen molar-refractivity contribution in [1.82, 2.24) is 9.62 Å². The maximum absolute atomic E-state index is 13.0. The van der Waals surface area contributed by atoms with Crippen LogP contribution < -0.4 is 10.1 Å². The highest BCUT2D eigenvalue weighted by Crippen LogP contribution is 2.29. The van der Waals surface area contributed by atoms with Crippen molar-refractivity contribution in [2.45, 2.75) is 43.5 Å². The lowest BCUT2D eigenvalue weighted by Gasteiger charge is -2.21. The molecular formula is C17H24N2O6S. The van der Waals surface area contributed by atoms with Crippen molar-refractivity contribution in [2.75, 3.05) is 20.2 Å². The first kappa shape index (κ1) is 20.2. The number of carbonyl (C=O) groups excluding carboxylic acids is 1. The fraction of sp³-hybridized carbons (Fsp3) is 0.529. The maximum atomic E-state index is 13.0. The van der Waals surface area contributed by atoms with Crippen LogP contribution in [-0.4, -0.2) is 55.9 Å². The van der Waals surface area contributed by atoms with E-state index in [1.165, 1.54) is 36.5 Å². The summed E-state index contributed by atoms with van der Waals surface area (Å²) < 4.78 is 32.7. The first-order chi connectivity index (χ1) is 12.3. The number of carboxylic acids is 1. The Hall–Kier alpha value is -2.13. The van der Waals surface area contributed by atoms with E-state index in [1.807, 2.05) is 0 Å². The number of methoxy groups -OCH3 is 1. The Labute approximate surface area is 153 Å². The Bertz CT molecular complexity index is 769. The molecule has 1 amide bonds. The van der Waals surface area contributed by atoms with Crippen LogP contribution in [0, 0.1) is 0 Å². The van der Waals surface area contributed by atoms with E-state index in [4.69, 9.17) is 9.84 Å². The summed E-state index contributed by atoms with van der Waals surface area (Å²) in [4.78, 5) is 23.1. The number of benzene rings is 1. The number of rotatable bonds is 6. The van der Waals surface area contributed by atoms with Gasteiger partial charge in [0.25, 0.3) is 5.91 Å². The zero-order chi connectivity index (χ0) is 19.3. The average Bonchev–Trinajstić information content (AvgIpc) is 2.90. The predicted molar refractivity (Wildman–Crippen MR) is 94.8 cm³/mol. The summed E-state index contributed by atoms with van der Waals surface area (Å²) >= 11 is 0. The van der Waals surface area contributed by atoms with E-state index < -0.39 is 27.9 Å². The highest BCUT2D eigenvalue weighted by molar-refractivity contribution is 7.89. The predicted octanol–water partition coefficient (Wildman–Crippen LogP) is 1.46. The Morgan fingerprint density at radius 2 is 1.81 bits per heavy atom. The third-order valence-electron chi connectivity index (χ3n) is 4.33. The monoisotopic (exact) mass is 384 g/mol. The van der Waals surface area contributed by atoms with Crippen LogP contribution in [-0.2, 0) is 14.8 Å². The molecule has 0 spiro atoms. The van der Waals surface area contributed by atoms with Crippen LogP contribution in [0.15, 0.2) is 23.1 Å². The Balaban J connectivity index is 2.37. The van der Waals surface area contributed by atoms with Crippen molar-refractivity contribution in [3.8, 4) is 5.75 Å². The zero-order valence-electron chi connectivity index (χ0n) is 14.9. The number of nitrogens with zero attached hydrogens (tertiary/aromatic N) is 1. The number of carboxylic acid groups (broad SMARTS) is 1. The van der Waals surface area contributed by atoms with Crippen molar-refractivity contribution >= 4 is 21.9 Å². The van der Waals surface area contributed by atoms with Gasteiger partial charge in [-0.05, 0) is 38.0 Å². The maximum Gasteiger partial charge on any atom is 0.325 e. The molecule has 2 N–H and O–H groups in total. The summed E-state index contributed by atoms with van der Waals surface area (Å²) in [5.74, 6) is -1.68. The molecule has 0 aromatic heterocycles. The van der Waals surface area contributed by atoms with Gasteiger partial charge in [0.1, 0.15) is 16.7 Å². The number of aliphatic carboxylic acids is 1. The highest BCUT2D eigenvalue weighted by atomic mass is 32.2. The third kappa shape index (κ3) is 4.53. The van der Waals surface area contributed by atoms with E-state index in [0.29, 0.717) is 13.1 Å². The normalized spacial score (nSPS) is 17.2. The number of nitrogens with one attached hydrogen (secondary N) is 1. The Morgan fingerprint density at radius 3 is 2.35 bits per heavy atom. The van der Waals surface area contributed by atoms with Gasteiger partial charge in [-0.15, -0.1) is 0 Å². The lowest BCUT2D eigenvalue weighted by Crippen LogP contribution is -2.38. The molecule has 144 valence electrons. The smallest absolute Gasteiger partial charge is 0.325 e. The summed E-state index contributed by atoms with van der Waals surface area (Å²) in [5.41, 5.74) is 0.0623. The lowest BCUT2D eigenvalue weighted by atomic mass is 10.2. The minimum Gasteiger partial charge on any atom is -0.495 e. The first-order valence-corrected chi connectivity index (χ1v) is 9.93. The molecule has 1 unspecified atom stereocenters. The molecule has 1 saturated heterocycles. The van der Waals surface area contributed by atoms with Crippen LogP contribution >= 0.6 is 0 Å². The van der Waals surface area contributed by atoms with Gasteiger partial charge in [0, 0.05) is 18.7 Å². The van der Waals surface area contributed by atoms with E-state index in [0.717, 1.165) is 25.7 Å². The average molecular weight is 384 g/mol. The number of hydrogen-bond donors (Lipinski definition) is 2.